The maximum Gasteiger partial charge on any atom is 0.175 e. The van der Waals surface area contributed by atoms with E-state index < -0.39 is 0 Å². The van der Waals surface area contributed by atoms with Gasteiger partial charge in [-0.3, -0.25) is 0 Å². The number of methoxy groups -OCH3 is 1. The van der Waals surface area contributed by atoms with Crippen LogP contribution in [0.2, 0.25) is 0 Å². The fraction of sp³-hybridized carbons (Fsp3) is 0.263. The summed E-state index contributed by atoms with van der Waals surface area (Å²) in [5, 5.41) is 3.42. The average Bonchev–Trinajstić information content (AvgIpc) is 2.59. The van der Waals surface area contributed by atoms with E-state index in [9.17, 15) is 0 Å². The molecule has 0 fully saturated rings. The number of hydrogen-bond acceptors (Lipinski definition) is 3. The Labute approximate surface area is 151 Å². The number of benzene rings is 2. The molecule has 0 aliphatic carbocycles. The van der Waals surface area contributed by atoms with E-state index in [1.807, 2.05) is 6.07 Å². The lowest BCUT2D eigenvalue weighted by molar-refractivity contribution is 0.328. The summed E-state index contributed by atoms with van der Waals surface area (Å²) in [5.41, 5.74) is 3.56. The molecule has 0 aliphatic heterocycles. The Morgan fingerprint density at radius 1 is 1.17 bits per heavy atom. The Morgan fingerprint density at radius 3 is 2.52 bits per heavy atom. The van der Waals surface area contributed by atoms with Crippen LogP contribution in [0, 0.1) is 15.9 Å². The van der Waals surface area contributed by atoms with E-state index >= 15 is 0 Å². The van der Waals surface area contributed by atoms with Crippen molar-refractivity contribution in [2.24, 2.45) is 0 Å². The molecule has 0 atom stereocenters. The first-order valence-electron chi connectivity index (χ1n) is 7.43. The van der Waals surface area contributed by atoms with Crippen LogP contribution in [0.5, 0.6) is 11.5 Å². The maximum atomic E-state index is 5.56. The van der Waals surface area contributed by atoms with E-state index in [1.54, 1.807) is 7.11 Å². The van der Waals surface area contributed by atoms with Gasteiger partial charge in [-0.05, 0) is 64.4 Å². The van der Waals surface area contributed by atoms with Crippen molar-refractivity contribution in [2.75, 3.05) is 19.0 Å². The highest BCUT2D eigenvalue weighted by Crippen LogP contribution is 2.34. The van der Waals surface area contributed by atoms with Crippen LogP contribution >= 0.6 is 22.6 Å². The summed E-state index contributed by atoms with van der Waals surface area (Å²) in [4.78, 5) is 0. The standard InChI is InChI=1S/C19H20INO2/c1-4-10-23-19-17(20)11-15(12-18(19)22-3)13-21-16-8-6-14(5-2)7-9-16/h1,6-9,11-12,21H,5,10,13H2,2-3H3. The van der Waals surface area contributed by atoms with Gasteiger partial charge in [0.2, 0.25) is 0 Å². The fourth-order valence-electron chi connectivity index (χ4n) is 2.19. The van der Waals surface area contributed by atoms with Crippen LogP contribution in [0.3, 0.4) is 0 Å². The molecule has 3 nitrogen and oxygen atoms in total. The van der Waals surface area contributed by atoms with E-state index in [0.29, 0.717) is 18.0 Å². The molecule has 0 radical (unpaired) electrons. The Hall–Kier alpha value is -1.87. The number of ether oxygens (including phenoxy) is 2. The summed E-state index contributed by atoms with van der Waals surface area (Å²) >= 11 is 2.24. The molecule has 0 amide bonds. The normalized spacial score (nSPS) is 10.0. The first-order chi connectivity index (χ1) is 11.2. The molecule has 2 rings (SSSR count). The summed E-state index contributed by atoms with van der Waals surface area (Å²) in [7, 11) is 1.63. The van der Waals surface area contributed by atoms with Crippen molar-refractivity contribution in [3.63, 3.8) is 0 Å². The van der Waals surface area contributed by atoms with Gasteiger partial charge in [0, 0.05) is 12.2 Å². The van der Waals surface area contributed by atoms with Crippen LogP contribution in [0.25, 0.3) is 0 Å². The Bertz CT molecular complexity index is 690. The molecule has 0 spiro atoms. The molecular formula is C19H20INO2. The predicted octanol–water partition coefficient (Wildman–Crippen LogP) is 4.49. The highest BCUT2D eigenvalue weighted by atomic mass is 127. The van der Waals surface area contributed by atoms with Crippen molar-refractivity contribution in [3.8, 4) is 23.8 Å². The van der Waals surface area contributed by atoms with Gasteiger partial charge in [0.05, 0.1) is 10.7 Å². The van der Waals surface area contributed by atoms with E-state index in [4.69, 9.17) is 15.9 Å². The summed E-state index contributed by atoms with van der Waals surface area (Å²) in [5.74, 6) is 3.87. The second-order valence-corrected chi connectivity index (χ2v) is 6.17. The molecule has 2 aromatic rings. The van der Waals surface area contributed by atoms with Crippen molar-refractivity contribution in [2.45, 2.75) is 19.9 Å². The average molecular weight is 421 g/mol. The van der Waals surface area contributed by atoms with Crippen LogP contribution < -0.4 is 14.8 Å². The minimum absolute atomic E-state index is 0.230. The number of hydrogen-bond donors (Lipinski definition) is 1. The predicted molar refractivity (Wildman–Crippen MR) is 103 cm³/mol. The van der Waals surface area contributed by atoms with Crippen molar-refractivity contribution in [3.05, 3.63) is 51.1 Å². The Balaban J connectivity index is 2.10. The number of aryl methyl sites for hydroxylation is 1. The molecule has 120 valence electrons. The van der Waals surface area contributed by atoms with Crippen LogP contribution in [-0.2, 0) is 13.0 Å². The number of halogens is 1. The van der Waals surface area contributed by atoms with Gasteiger partial charge in [-0.15, -0.1) is 6.42 Å². The van der Waals surface area contributed by atoms with Crippen molar-refractivity contribution >= 4 is 28.3 Å². The van der Waals surface area contributed by atoms with Crippen LogP contribution in [-0.4, -0.2) is 13.7 Å². The minimum atomic E-state index is 0.230. The number of terminal acetylenes is 1. The third-order valence-corrected chi connectivity index (χ3v) is 4.25. The smallest absolute Gasteiger partial charge is 0.175 e. The third-order valence-electron chi connectivity index (χ3n) is 3.45. The highest BCUT2D eigenvalue weighted by molar-refractivity contribution is 14.1. The lowest BCUT2D eigenvalue weighted by Gasteiger charge is -2.14. The van der Waals surface area contributed by atoms with Gasteiger partial charge < -0.3 is 14.8 Å². The van der Waals surface area contributed by atoms with Crippen molar-refractivity contribution in [1.29, 1.82) is 0 Å². The molecule has 0 unspecified atom stereocenters. The lowest BCUT2D eigenvalue weighted by atomic mass is 10.1. The zero-order chi connectivity index (χ0) is 16.7. The molecule has 2 aromatic carbocycles. The van der Waals surface area contributed by atoms with Gasteiger partial charge in [0.25, 0.3) is 0 Å². The number of rotatable bonds is 7. The highest BCUT2D eigenvalue weighted by Gasteiger charge is 2.11. The molecule has 0 heterocycles. The number of anilines is 1. The molecule has 0 bridgehead atoms. The summed E-state index contributed by atoms with van der Waals surface area (Å²) < 4.78 is 12.0. The SMILES string of the molecule is C#CCOc1c(I)cc(CNc2ccc(CC)cc2)cc1OC. The van der Waals surface area contributed by atoms with Gasteiger partial charge >= 0.3 is 0 Å². The molecule has 0 saturated heterocycles. The Morgan fingerprint density at radius 2 is 1.91 bits per heavy atom. The molecule has 1 N–H and O–H groups in total. The molecular weight excluding hydrogens is 401 g/mol. The molecule has 0 aromatic heterocycles. The second-order valence-electron chi connectivity index (χ2n) is 5.01. The lowest BCUT2D eigenvalue weighted by Crippen LogP contribution is -2.03. The van der Waals surface area contributed by atoms with Crippen LogP contribution in [0.15, 0.2) is 36.4 Å². The fourth-order valence-corrected chi connectivity index (χ4v) is 3.01. The molecule has 0 aliphatic rings. The first-order valence-corrected chi connectivity index (χ1v) is 8.51. The first kappa shape index (κ1) is 17.5. The molecule has 4 heteroatoms. The van der Waals surface area contributed by atoms with E-state index in [0.717, 1.165) is 21.2 Å². The Kier molecular flexibility index (Phi) is 6.60. The minimum Gasteiger partial charge on any atom is -0.493 e. The van der Waals surface area contributed by atoms with E-state index in [-0.39, 0.29) is 6.61 Å². The second kappa shape index (κ2) is 8.68. The van der Waals surface area contributed by atoms with Gasteiger partial charge in [0.15, 0.2) is 11.5 Å². The quantitative estimate of drug-likeness (QED) is 0.528. The van der Waals surface area contributed by atoms with Crippen molar-refractivity contribution < 1.29 is 9.47 Å². The van der Waals surface area contributed by atoms with E-state index in [1.165, 1.54) is 5.56 Å². The number of nitrogens with one attached hydrogen (secondary N) is 1. The molecule has 23 heavy (non-hydrogen) atoms. The van der Waals surface area contributed by atoms with Crippen molar-refractivity contribution in [1.82, 2.24) is 0 Å². The monoisotopic (exact) mass is 421 g/mol. The van der Waals surface area contributed by atoms with E-state index in [2.05, 4.69) is 71.1 Å². The molecule has 0 saturated carbocycles. The summed E-state index contributed by atoms with van der Waals surface area (Å²) in [6.07, 6.45) is 6.30. The van der Waals surface area contributed by atoms with Gasteiger partial charge in [-0.2, -0.15) is 0 Å². The van der Waals surface area contributed by atoms with Gasteiger partial charge in [-0.1, -0.05) is 25.0 Å². The summed E-state index contributed by atoms with van der Waals surface area (Å²) in [6, 6.07) is 12.5. The topological polar surface area (TPSA) is 30.5 Å². The zero-order valence-corrected chi connectivity index (χ0v) is 15.5. The van der Waals surface area contributed by atoms with Gasteiger partial charge in [0.1, 0.15) is 6.61 Å². The van der Waals surface area contributed by atoms with Crippen LogP contribution in [0.4, 0.5) is 5.69 Å². The largest absolute Gasteiger partial charge is 0.493 e. The summed E-state index contributed by atoms with van der Waals surface area (Å²) in [6.45, 7) is 3.10. The zero-order valence-electron chi connectivity index (χ0n) is 13.4. The third kappa shape index (κ3) is 4.80. The van der Waals surface area contributed by atoms with Crippen LogP contribution in [0.1, 0.15) is 18.1 Å². The van der Waals surface area contributed by atoms with Gasteiger partial charge in [-0.25, -0.2) is 0 Å². The maximum absolute atomic E-state index is 5.56.